The van der Waals surface area contributed by atoms with Crippen LogP contribution in [0.4, 0.5) is 5.69 Å². The number of piperidine rings is 1. The quantitative estimate of drug-likeness (QED) is 0.919. The number of likely N-dealkylation sites (tertiary alicyclic amines) is 1. The van der Waals surface area contributed by atoms with Gasteiger partial charge in [-0.1, -0.05) is 11.2 Å². The van der Waals surface area contributed by atoms with Crippen molar-refractivity contribution in [1.29, 1.82) is 0 Å². The maximum atomic E-state index is 12.0. The number of hydrogen-bond acceptors (Lipinski definition) is 5. The third-order valence-corrected chi connectivity index (χ3v) is 4.64. The summed E-state index contributed by atoms with van der Waals surface area (Å²) in [5, 5.41) is 6.34. The summed E-state index contributed by atoms with van der Waals surface area (Å²) >= 11 is 0. The molecule has 1 fully saturated rings. The van der Waals surface area contributed by atoms with E-state index >= 15 is 0 Å². The van der Waals surface area contributed by atoms with Crippen LogP contribution < -0.4 is 10.1 Å². The highest BCUT2D eigenvalue weighted by atomic mass is 16.5. The van der Waals surface area contributed by atoms with Gasteiger partial charge in [-0.2, -0.15) is 0 Å². The smallest absolute Gasteiger partial charge is 0.294 e. The van der Waals surface area contributed by atoms with Gasteiger partial charge in [0.05, 0.1) is 6.20 Å². The Labute approximate surface area is 140 Å². The van der Waals surface area contributed by atoms with Crippen LogP contribution in [0.1, 0.15) is 29.0 Å². The number of rotatable bonds is 2. The molecule has 1 aromatic carbocycles. The number of fused-ring (bicyclic) bond motifs is 1. The molecule has 6 heteroatoms. The van der Waals surface area contributed by atoms with Crippen LogP contribution in [-0.4, -0.2) is 41.7 Å². The summed E-state index contributed by atoms with van der Waals surface area (Å²) in [6.45, 7) is 2.07. The fourth-order valence-electron chi connectivity index (χ4n) is 3.14. The van der Waals surface area contributed by atoms with Crippen LogP contribution in [-0.2, 0) is 0 Å². The van der Waals surface area contributed by atoms with E-state index in [2.05, 4.69) is 34.6 Å². The highest BCUT2D eigenvalue weighted by Crippen LogP contribution is 2.37. The molecule has 0 atom stereocenters. The van der Waals surface area contributed by atoms with E-state index in [1.807, 2.05) is 18.2 Å². The van der Waals surface area contributed by atoms with Crippen molar-refractivity contribution in [1.82, 2.24) is 10.1 Å². The molecular formula is C18H19N3O3. The van der Waals surface area contributed by atoms with Crippen molar-refractivity contribution in [3.63, 3.8) is 0 Å². The highest BCUT2D eigenvalue weighted by Gasteiger charge is 2.35. The SMILES string of the molecule is CN1CCC2(C=Cc3cc(NC(=O)c4ccno4)ccc3O2)CC1. The van der Waals surface area contributed by atoms with Crippen LogP contribution in [0.15, 0.2) is 41.1 Å². The number of carbonyl (C=O) groups excluding carboxylic acids is 1. The molecule has 24 heavy (non-hydrogen) atoms. The van der Waals surface area contributed by atoms with E-state index in [0.717, 1.165) is 37.2 Å². The Morgan fingerprint density at radius 1 is 1.29 bits per heavy atom. The Morgan fingerprint density at radius 3 is 2.88 bits per heavy atom. The summed E-state index contributed by atoms with van der Waals surface area (Å²) < 4.78 is 11.1. The second-order valence-electron chi connectivity index (χ2n) is 6.39. The highest BCUT2D eigenvalue weighted by molar-refractivity contribution is 6.02. The molecule has 0 unspecified atom stereocenters. The summed E-state index contributed by atoms with van der Waals surface area (Å²) in [4.78, 5) is 14.3. The lowest BCUT2D eigenvalue weighted by molar-refractivity contribution is 0.0473. The number of carbonyl (C=O) groups is 1. The maximum absolute atomic E-state index is 12.0. The molecule has 1 saturated heterocycles. The largest absolute Gasteiger partial charge is 0.482 e. The number of amides is 1. The van der Waals surface area contributed by atoms with E-state index in [9.17, 15) is 4.79 Å². The fraction of sp³-hybridized carbons (Fsp3) is 0.333. The Kier molecular flexibility index (Phi) is 3.61. The first kappa shape index (κ1) is 15.0. The minimum atomic E-state index is -0.319. The van der Waals surface area contributed by atoms with Crippen molar-refractivity contribution in [3.05, 3.63) is 47.9 Å². The average Bonchev–Trinajstić information content (AvgIpc) is 3.13. The Bertz CT molecular complexity index is 775. The number of benzene rings is 1. The molecular weight excluding hydrogens is 306 g/mol. The zero-order chi connectivity index (χ0) is 16.6. The molecule has 6 nitrogen and oxygen atoms in total. The van der Waals surface area contributed by atoms with Gasteiger partial charge in [0.15, 0.2) is 0 Å². The second-order valence-corrected chi connectivity index (χ2v) is 6.39. The van der Waals surface area contributed by atoms with Gasteiger partial charge in [-0.15, -0.1) is 0 Å². The fourth-order valence-corrected chi connectivity index (χ4v) is 3.14. The molecule has 0 radical (unpaired) electrons. The Morgan fingerprint density at radius 2 is 2.12 bits per heavy atom. The number of anilines is 1. The van der Waals surface area contributed by atoms with Gasteiger partial charge in [-0.3, -0.25) is 4.79 Å². The molecule has 124 valence electrons. The number of nitrogens with zero attached hydrogens (tertiary/aromatic N) is 2. The zero-order valence-corrected chi connectivity index (χ0v) is 13.5. The van der Waals surface area contributed by atoms with Gasteiger partial charge >= 0.3 is 0 Å². The summed E-state index contributed by atoms with van der Waals surface area (Å²) in [7, 11) is 2.14. The number of hydrogen-bond donors (Lipinski definition) is 1. The summed E-state index contributed by atoms with van der Waals surface area (Å²) in [6.07, 6.45) is 7.67. The lowest BCUT2D eigenvalue weighted by Gasteiger charge is -2.40. The molecule has 1 spiro atoms. The van der Waals surface area contributed by atoms with Crippen molar-refractivity contribution < 1.29 is 14.1 Å². The lowest BCUT2D eigenvalue weighted by atomic mass is 9.88. The molecule has 2 aliphatic heterocycles. The van der Waals surface area contributed by atoms with Crippen molar-refractivity contribution >= 4 is 17.7 Å². The van der Waals surface area contributed by atoms with Gasteiger partial charge in [0.1, 0.15) is 11.4 Å². The van der Waals surface area contributed by atoms with E-state index in [-0.39, 0.29) is 17.3 Å². The first-order chi connectivity index (χ1) is 11.6. The van der Waals surface area contributed by atoms with Crippen LogP contribution in [0.3, 0.4) is 0 Å². The van der Waals surface area contributed by atoms with E-state index < -0.39 is 0 Å². The summed E-state index contributed by atoms with van der Waals surface area (Å²) in [5.74, 6) is 0.726. The molecule has 2 aromatic rings. The number of aromatic nitrogens is 1. The first-order valence-electron chi connectivity index (χ1n) is 8.06. The van der Waals surface area contributed by atoms with E-state index in [1.54, 1.807) is 0 Å². The first-order valence-corrected chi connectivity index (χ1v) is 8.06. The zero-order valence-electron chi connectivity index (χ0n) is 13.5. The number of ether oxygens (including phenoxy) is 1. The van der Waals surface area contributed by atoms with E-state index in [1.165, 1.54) is 12.3 Å². The normalized spacial score (nSPS) is 18.9. The molecule has 0 saturated carbocycles. The maximum Gasteiger partial charge on any atom is 0.294 e. The van der Waals surface area contributed by atoms with Crippen LogP contribution in [0.25, 0.3) is 6.08 Å². The van der Waals surface area contributed by atoms with Gasteiger partial charge in [-0.05, 0) is 31.3 Å². The summed E-state index contributed by atoms with van der Waals surface area (Å²) in [5.41, 5.74) is 1.47. The molecule has 2 aliphatic rings. The lowest BCUT2D eigenvalue weighted by Crippen LogP contribution is -2.46. The van der Waals surface area contributed by atoms with Crippen LogP contribution in [0.2, 0.25) is 0 Å². The van der Waals surface area contributed by atoms with Crippen LogP contribution in [0.5, 0.6) is 5.75 Å². The third kappa shape index (κ3) is 2.80. The molecule has 1 aromatic heterocycles. The van der Waals surface area contributed by atoms with Crippen molar-refractivity contribution in [2.45, 2.75) is 18.4 Å². The Balaban J connectivity index is 1.51. The predicted octanol–water partition coefficient (Wildman–Crippen LogP) is 2.80. The molecule has 0 bridgehead atoms. The van der Waals surface area contributed by atoms with E-state index in [4.69, 9.17) is 9.26 Å². The standard InChI is InChI=1S/C18H19N3O3/c1-21-10-7-18(8-11-21)6-4-13-12-14(2-3-15(13)23-18)20-17(22)16-5-9-19-24-16/h2-6,9,12H,7-8,10-11H2,1H3,(H,20,22). The average molecular weight is 325 g/mol. The van der Waals surface area contributed by atoms with Gasteiger partial charge in [-0.25, -0.2) is 0 Å². The molecule has 1 N–H and O–H groups in total. The Hall–Kier alpha value is -2.60. The van der Waals surface area contributed by atoms with Crippen LogP contribution >= 0.6 is 0 Å². The minimum Gasteiger partial charge on any atom is -0.482 e. The van der Waals surface area contributed by atoms with Gasteiger partial charge in [0, 0.05) is 43.2 Å². The van der Waals surface area contributed by atoms with Gasteiger partial charge in [0.2, 0.25) is 5.76 Å². The monoisotopic (exact) mass is 325 g/mol. The minimum absolute atomic E-state index is 0.185. The number of nitrogens with one attached hydrogen (secondary N) is 1. The van der Waals surface area contributed by atoms with Crippen LogP contribution in [0, 0.1) is 0 Å². The molecule has 4 rings (SSSR count). The predicted molar refractivity (Wildman–Crippen MR) is 90.0 cm³/mol. The molecule has 3 heterocycles. The van der Waals surface area contributed by atoms with Crippen molar-refractivity contribution in [2.75, 3.05) is 25.5 Å². The van der Waals surface area contributed by atoms with Crippen molar-refractivity contribution in [2.24, 2.45) is 0 Å². The third-order valence-electron chi connectivity index (χ3n) is 4.64. The molecule has 0 aliphatic carbocycles. The topological polar surface area (TPSA) is 67.6 Å². The summed E-state index contributed by atoms with van der Waals surface area (Å²) in [6, 6.07) is 7.19. The van der Waals surface area contributed by atoms with Gasteiger partial charge in [0.25, 0.3) is 5.91 Å². The molecule has 1 amide bonds. The second kappa shape index (κ2) is 5.79. The van der Waals surface area contributed by atoms with Gasteiger partial charge < -0.3 is 19.5 Å². The van der Waals surface area contributed by atoms with Crippen molar-refractivity contribution in [3.8, 4) is 5.75 Å². The van der Waals surface area contributed by atoms with E-state index in [0.29, 0.717) is 5.69 Å².